The number of ether oxygens (including phenoxy) is 1. The number of benzene rings is 3. The van der Waals surface area contributed by atoms with Gasteiger partial charge >= 0.3 is 0 Å². The third-order valence-electron chi connectivity index (χ3n) is 4.98. The van der Waals surface area contributed by atoms with Crippen molar-refractivity contribution in [1.82, 2.24) is 5.32 Å². The first kappa shape index (κ1) is 21.9. The van der Waals surface area contributed by atoms with E-state index < -0.39 is 0 Å². The fraction of sp³-hybridized carbons (Fsp3) is 0.231. The number of hydrogen-bond donors (Lipinski definition) is 2. The zero-order chi connectivity index (χ0) is 21.3. The Morgan fingerprint density at radius 3 is 2.47 bits per heavy atom. The third kappa shape index (κ3) is 5.65. The van der Waals surface area contributed by atoms with Gasteiger partial charge in [0, 0.05) is 22.8 Å². The lowest BCUT2D eigenvalue weighted by Gasteiger charge is -2.24. The molecule has 0 aliphatic carbocycles. The molecule has 3 aromatic carbocycles. The molecule has 0 aromatic heterocycles. The molecule has 1 unspecified atom stereocenters. The smallest absolute Gasteiger partial charge is 0.119 e. The maximum absolute atomic E-state index is 6.17. The molecule has 0 bridgehead atoms. The number of halogens is 1. The average molecular weight is 421 g/mol. The summed E-state index contributed by atoms with van der Waals surface area (Å²) in [5, 5.41) is 4.26. The lowest BCUT2D eigenvalue weighted by Crippen LogP contribution is -2.25. The van der Waals surface area contributed by atoms with E-state index in [9.17, 15) is 0 Å². The van der Waals surface area contributed by atoms with Crippen LogP contribution in [0.25, 0.3) is 5.57 Å². The second kappa shape index (κ2) is 10.9. The zero-order valence-electron chi connectivity index (χ0n) is 17.6. The highest BCUT2D eigenvalue weighted by Crippen LogP contribution is 2.32. The first-order valence-corrected chi connectivity index (χ1v) is 10.8. The molecule has 4 heteroatoms. The Morgan fingerprint density at radius 2 is 1.73 bits per heavy atom. The van der Waals surface area contributed by atoms with E-state index in [1.165, 1.54) is 11.1 Å². The van der Waals surface area contributed by atoms with Crippen LogP contribution in [0, 0.1) is 0 Å². The van der Waals surface area contributed by atoms with Crippen LogP contribution in [0.2, 0.25) is 5.02 Å². The van der Waals surface area contributed by atoms with E-state index in [2.05, 4.69) is 35.7 Å². The van der Waals surface area contributed by atoms with Gasteiger partial charge in [0.2, 0.25) is 0 Å². The van der Waals surface area contributed by atoms with Crippen molar-refractivity contribution in [3.63, 3.8) is 0 Å². The van der Waals surface area contributed by atoms with Crippen molar-refractivity contribution in [2.75, 3.05) is 12.3 Å². The van der Waals surface area contributed by atoms with Crippen LogP contribution in [-0.2, 0) is 6.61 Å². The predicted molar refractivity (Wildman–Crippen MR) is 128 cm³/mol. The molecule has 156 valence electrons. The minimum Gasteiger partial charge on any atom is -0.489 e. The Morgan fingerprint density at radius 1 is 1.00 bits per heavy atom. The summed E-state index contributed by atoms with van der Waals surface area (Å²) in [5.74, 6) is 0.867. The fourth-order valence-electron chi connectivity index (χ4n) is 3.46. The van der Waals surface area contributed by atoms with Crippen molar-refractivity contribution in [3.05, 3.63) is 101 Å². The molecular formula is C26H29ClN2O. The van der Waals surface area contributed by atoms with E-state index in [1.54, 1.807) is 0 Å². The van der Waals surface area contributed by atoms with E-state index in [0.29, 0.717) is 11.6 Å². The van der Waals surface area contributed by atoms with Crippen LogP contribution < -0.4 is 15.8 Å². The van der Waals surface area contributed by atoms with Gasteiger partial charge < -0.3 is 15.8 Å². The van der Waals surface area contributed by atoms with Crippen LogP contribution in [-0.4, -0.2) is 6.54 Å². The molecule has 0 saturated carbocycles. The summed E-state index contributed by atoms with van der Waals surface area (Å²) in [5.41, 5.74) is 11.6. The molecule has 30 heavy (non-hydrogen) atoms. The fourth-order valence-corrected chi connectivity index (χ4v) is 3.64. The van der Waals surface area contributed by atoms with Crippen LogP contribution in [0.1, 0.15) is 43.0 Å². The van der Waals surface area contributed by atoms with Gasteiger partial charge in [0.05, 0.1) is 6.04 Å². The number of rotatable bonds is 5. The number of nitrogens with two attached hydrogens (primary N) is 1. The topological polar surface area (TPSA) is 47.3 Å². The van der Waals surface area contributed by atoms with Crippen molar-refractivity contribution >= 4 is 22.9 Å². The van der Waals surface area contributed by atoms with Gasteiger partial charge in [0.25, 0.3) is 0 Å². The summed E-state index contributed by atoms with van der Waals surface area (Å²) in [4.78, 5) is 0. The highest BCUT2D eigenvalue weighted by atomic mass is 35.5. The molecule has 3 aromatic rings. The summed E-state index contributed by atoms with van der Waals surface area (Å²) in [6, 6.07) is 24.2. The van der Waals surface area contributed by atoms with Gasteiger partial charge in [0.1, 0.15) is 12.4 Å². The van der Waals surface area contributed by atoms with Crippen molar-refractivity contribution < 1.29 is 4.74 Å². The Kier molecular flexibility index (Phi) is 7.95. The molecule has 3 N–H and O–H groups in total. The van der Waals surface area contributed by atoms with Crippen LogP contribution in [0.5, 0.6) is 5.75 Å². The lowest BCUT2D eigenvalue weighted by molar-refractivity contribution is 0.306. The number of hydrogen-bond acceptors (Lipinski definition) is 3. The van der Waals surface area contributed by atoms with Crippen LogP contribution in [0.4, 0.5) is 5.69 Å². The van der Waals surface area contributed by atoms with Gasteiger partial charge in [-0.15, -0.1) is 0 Å². The summed E-state index contributed by atoms with van der Waals surface area (Å²) < 4.78 is 5.89. The molecule has 0 radical (unpaired) electrons. The van der Waals surface area contributed by atoms with Gasteiger partial charge in [0.15, 0.2) is 0 Å². The molecule has 4 rings (SSSR count). The summed E-state index contributed by atoms with van der Waals surface area (Å²) in [6.45, 7) is 5.47. The van der Waals surface area contributed by atoms with E-state index in [-0.39, 0.29) is 6.04 Å². The van der Waals surface area contributed by atoms with Gasteiger partial charge in [-0.2, -0.15) is 0 Å². The Labute approximate surface area is 184 Å². The minimum absolute atomic E-state index is 0.144. The standard InChI is InChI=1S/C24H23ClN2O.C2H6/c25-20-8-11-23(26)22(15-20)19-12-13-27-24(14-19)18-6-9-21(10-7-18)28-16-17-4-2-1-3-5-17;1-2/h1-11,14-15,24,27H,12-13,16,26H2;1-2H3. The molecule has 0 fully saturated rings. The molecule has 1 aliphatic rings. The molecule has 0 spiro atoms. The second-order valence-corrected chi connectivity index (χ2v) is 7.39. The predicted octanol–water partition coefficient (Wildman–Crippen LogP) is 6.65. The SMILES string of the molecule is CC.Nc1ccc(Cl)cc1C1=CC(c2ccc(OCc3ccccc3)cc2)NCC1. The highest BCUT2D eigenvalue weighted by Gasteiger charge is 2.17. The Bertz CT molecular complexity index is 968. The molecule has 1 aliphatic heterocycles. The number of nitrogens with one attached hydrogen (secondary N) is 1. The molecular weight excluding hydrogens is 392 g/mol. The van der Waals surface area contributed by atoms with E-state index in [1.807, 2.05) is 62.4 Å². The van der Waals surface area contributed by atoms with Crippen molar-refractivity contribution in [2.24, 2.45) is 0 Å². The summed E-state index contributed by atoms with van der Waals surface area (Å²) >= 11 is 6.17. The first-order chi connectivity index (χ1) is 14.7. The summed E-state index contributed by atoms with van der Waals surface area (Å²) in [7, 11) is 0. The van der Waals surface area contributed by atoms with Crippen molar-refractivity contribution in [1.29, 1.82) is 0 Å². The highest BCUT2D eigenvalue weighted by molar-refractivity contribution is 6.30. The Balaban J connectivity index is 0.00000124. The lowest BCUT2D eigenvalue weighted by atomic mass is 9.93. The van der Waals surface area contributed by atoms with Gasteiger partial charge in [-0.3, -0.25) is 0 Å². The molecule has 1 atom stereocenters. The van der Waals surface area contributed by atoms with Crippen LogP contribution in [0.15, 0.2) is 78.9 Å². The van der Waals surface area contributed by atoms with Crippen LogP contribution >= 0.6 is 11.6 Å². The van der Waals surface area contributed by atoms with Crippen LogP contribution in [0.3, 0.4) is 0 Å². The maximum atomic E-state index is 6.17. The monoisotopic (exact) mass is 420 g/mol. The minimum atomic E-state index is 0.144. The van der Waals surface area contributed by atoms with Gasteiger partial charge in [-0.1, -0.05) is 74.0 Å². The molecule has 0 amide bonds. The quantitative estimate of drug-likeness (QED) is 0.454. The number of nitrogen functional groups attached to an aromatic ring is 1. The van der Waals surface area contributed by atoms with Gasteiger partial charge in [-0.25, -0.2) is 0 Å². The zero-order valence-corrected chi connectivity index (χ0v) is 18.3. The van der Waals surface area contributed by atoms with Crippen molar-refractivity contribution in [2.45, 2.75) is 32.9 Å². The molecule has 1 heterocycles. The first-order valence-electron chi connectivity index (χ1n) is 10.5. The molecule has 0 saturated heterocycles. The average Bonchev–Trinajstić information content (AvgIpc) is 2.82. The molecule has 3 nitrogen and oxygen atoms in total. The van der Waals surface area contributed by atoms with E-state index in [4.69, 9.17) is 22.1 Å². The number of anilines is 1. The normalized spacial score (nSPS) is 15.6. The van der Waals surface area contributed by atoms with Crippen molar-refractivity contribution in [3.8, 4) is 5.75 Å². The van der Waals surface area contributed by atoms with E-state index in [0.717, 1.165) is 35.5 Å². The van der Waals surface area contributed by atoms with E-state index >= 15 is 0 Å². The maximum Gasteiger partial charge on any atom is 0.119 e. The second-order valence-electron chi connectivity index (χ2n) is 6.95. The van der Waals surface area contributed by atoms with Gasteiger partial charge in [-0.05, 0) is 53.5 Å². The largest absolute Gasteiger partial charge is 0.489 e. The Hall–Kier alpha value is -2.75. The summed E-state index contributed by atoms with van der Waals surface area (Å²) in [6.07, 6.45) is 3.17. The third-order valence-corrected chi connectivity index (χ3v) is 5.21.